The van der Waals surface area contributed by atoms with E-state index in [1.54, 1.807) is 39.8 Å². The van der Waals surface area contributed by atoms with Gasteiger partial charge in [0.2, 0.25) is 5.91 Å². The molecule has 6 heteroatoms. The third-order valence-corrected chi connectivity index (χ3v) is 5.14. The zero-order chi connectivity index (χ0) is 16.3. The molecule has 0 aliphatic heterocycles. The summed E-state index contributed by atoms with van der Waals surface area (Å²) in [6.07, 6.45) is 0.104. The molecule has 0 saturated carbocycles. The molecule has 1 aromatic rings. The maximum atomic E-state index is 12.0. The minimum absolute atomic E-state index is 0.104. The van der Waals surface area contributed by atoms with Gasteiger partial charge in [-0.05, 0) is 45.4 Å². The first-order valence-electron chi connectivity index (χ1n) is 6.63. The minimum atomic E-state index is -3.30. The highest BCUT2D eigenvalue weighted by atomic mass is 32.2. The molecule has 0 atom stereocenters. The third kappa shape index (κ3) is 4.57. The second kappa shape index (κ2) is 6.27. The molecule has 0 heterocycles. The Morgan fingerprint density at radius 2 is 1.81 bits per heavy atom. The van der Waals surface area contributed by atoms with Crippen molar-refractivity contribution >= 4 is 15.7 Å². The van der Waals surface area contributed by atoms with Gasteiger partial charge in [0.15, 0.2) is 9.84 Å². The van der Waals surface area contributed by atoms with E-state index in [-0.39, 0.29) is 17.2 Å². The normalized spacial score (nSPS) is 12.0. The lowest BCUT2D eigenvalue weighted by Gasteiger charge is -2.17. The Morgan fingerprint density at radius 3 is 2.24 bits per heavy atom. The quantitative estimate of drug-likeness (QED) is 0.899. The van der Waals surface area contributed by atoms with Crippen LogP contribution < -0.4 is 5.32 Å². The van der Waals surface area contributed by atoms with E-state index in [2.05, 4.69) is 5.32 Å². The fourth-order valence-corrected chi connectivity index (χ4v) is 2.74. The standard InChI is InChI=1S/C15H20N2O3S/c1-11(2)21(19,20)13-7-5-12(6-8-13)9-14(18)17-15(3,4)10-16/h5-8,11H,9H2,1-4H3,(H,17,18). The number of rotatable bonds is 5. The van der Waals surface area contributed by atoms with Gasteiger partial charge in [-0.25, -0.2) is 8.42 Å². The van der Waals surface area contributed by atoms with E-state index < -0.39 is 20.6 Å². The summed E-state index contributed by atoms with van der Waals surface area (Å²) >= 11 is 0. The first-order valence-corrected chi connectivity index (χ1v) is 8.18. The van der Waals surface area contributed by atoms with Gasteiger partial charge in [-0.15, -0.1) is 0 Å². The molecule has 0 aliphatic rings. The van der Waals surface area contributed by atoms with Crippen LogP contribution in [0.4, 0.5) is 0 Å². The minimum Gasteiger partial charge on any atom is -0.338 e. The van der Waals surface area contributed by atoms with Crippen LogP contribution in [0.5, 0.6) is 0 Å². The summed E-state index contributed by atoms with van der Waals surface area (Å²) in [5, 5.41) is 11.0. The van der Waals surface area contributed by atoms with Crippen LogP contribution in [0.2, 0.25) is 0 Å². The topological polar surface area (TPSA) is 87.0 Å². The van der Waals surface area contributed by atoms with E-state index >= 15 is 0 Å². The number of carbonyl (C=O) groups is 1. The van der Waals surface area contributed by atoms with Gasteiger partial charge in [0.05, 0.1) is 22.6 Å². The molecule has 0 aliphatic carbocycles. The Labute approximate surface area is 125 Å². The van der Waals surface area contributed by atoms with Crippen LogP contribution in [0.25, 0.3) is 0 Å². The predicted molar refractivity (Wildman–Crippen MR) is 80.3 cm³/mol. The lowest BCUT2D eigenvalue weighted by atomic mass is 10.1. The van der Waals surface area contributed by atoms with E-state index in [9.17, 15) is 13.2 Å². The molecule has 0 radical (unpaired) electrons. The number of hydrogen-bond acceptors (Lipinski definition) is 4. The predicted octanol–water partition coefficient (Wildman–Crippen LogP) is 1.83. The Bertz CT molecular complexity index is 653. The lowest BCUT2D eigenvalue weighted by molar-refractivity contribution is -0.121. The first kappa shape index (κ1) is 17.2. The average Bonchev–Trinajstić information content (AvgIpc) is 2.38. The summed E-state index contributed by atoms with van der Waals surface area (Å²) in [6.45, 7) is 6.48. The summed E-state index contributed by atoms with van der Waals surface area (Å²) in [7, 11) is -3.30. The van der Waals surface area contributed by atoms with Crippen molar-refractivity contribution in [3.63, 3.8) is 0 Å². The second-order valence-corrected chi connectivity index (χ2v) is 8.20. The number of amides is 1. The summed E-state index contributed by atoms with van der Waals surface area (Å²) in [6, 6.07) is 8.24. The fraction of sp³-hybridized carbons (Fsp3) is 0.467. The van der Waals surface area contributed by atoms with E-state index in [1.165, 1.54) is 12.1 Å². The molecule has 0 saturated heterocycles. The Hall–Kier alpha value is -1.87. The lowest BCUT2D eigenvalue weighted by Crippen LogP contribution is -2.42. The fourth-order valence-electron chi connectivity index (χ4n) is 1.68. The molecule has 0 fully saturated rings. The zero-order valence-corrected chi connectivity index (χ0v) is 13.5. The summed E-state index contributed by atoms with van der Waals surface area (Å²) < 4.78 is 24.0. The summed E-state index contributed by atoms with van der Waals surface area (Å²) in [5.74, 6) is -0.277. The van der Waals surface area contributed by atoms with E-state index in [0.29, 0.717) is 5.56 Å². The second-order valence-electron chi connectivity index (χ2n) is 5.70. The van der Waals surface area contributed by atoms with Crippen molar-refractivity contribution in [2.75, 3.05) is 0 Å². The molecule has 1 N–H and O–H groups in total. The van der Waals surface area contributed by atoms with Gasteiger partial charge < -0.3 is 5.32 Å². The van der Waals surface area contributed by atoms with Crippen LogP contribution in [-0.2, 0) is 21.1 Å². The maximum Gasteiger partial charge on any atom is 0.225 e. The molecule has 1 amide bonds. The van der Waals surface area contributed by atoms with Gasteiger partial charge in [-0.1, -0.05) is 12.1 Å². The molecule has 5 nitrogen and oxygen atoms in total. The van der Waals surface area contributed by atoms with Crippen LogP contribution in [0.1, 0.15) is 33.3 Å². The smallest absolute Gasteiger partial charge is 0.225 e. The molecule has 0 spiro atoms. The van der Waals surface area contributed by atoms with Crippen molar-refractivity contribution in [2.24, 2.45) is 0 Å². The average molecular weight is 308 g/mol. The molecule has 1 aromatic carbocycles. The molecule has 0 unspecified atom stereocenters. The molecular weight excluding hydrogens is 288 g/mol. The van der Waals surface area contributed by atoms with Crippen LogP contribution >= 0.6 is 0 Å². The van der Waals surface area contributed by atoms with E-state index in [1.807, 2.05) is 6.07 Å². The summed E-state index contributed by atoms with van der Waals surface area (Å²) in [5.41, 5.74) is -0.221. The van der Waals surface area contributed by atoms with Gasteiger partial charge in [-0.2, -0.15) is 5.26 Å². The van der Waals surface area contributed by atoms with Gasteiger partial charge in [0.25, 0.3) is 0 Å². The Kier molecular flexibility index (Phi) is 5.13. The number of nitrogens with zero attached hydrogens (tertiary/aromatic N) is 1. The van der Waals surface area contributed by atoms with E-state index in [4.69, 9.17) is 5.26 Å². The van der Waals surface area contributed by atoms with Crippen LogP contribution in [0, 0.1) is 11.3 Å². The van der Waals surface area contributed by atoms with Crippen molar-refractivity contribution in [1.82, 2.24) is 5.32 Å². The highest BCUT2D eigenvalue weighted by molar-refractivity contribution is 7.92. The highest BCUT2D eigenvalue weighted by Gasteiger charge is 2.21. The third-order valence-electron chi connectivity index (χ3n) is 2.97. The molecule has 0 bridgehead atoms. The maximum absolute atomic E-state index is 12.0. The molecular formula is C15H20N2O3S. The van der Waals surface area contributed by atoms with Crippen molar-refractivity contribution in [1.29, 1.82) is 5.26 Å². The van der Waals surface area contributed by atoms with Crippen molar-refractivity contribution < 1.29 is 13.2 Å². The van der Waals surface area contributed by atoms with Gasteiger partial charge >= 0.3 is 0 Å². The Balaban J connectivity index is 2.82. The monoisotopic (exact) mass is 308 g/mol. The SMILES string of the molecule is CC(C)S(=O)(=O)c1ccc(CC(=O)NC(C)(C)C#N)cc1. The van der Waals surface area contributed by atoms with Crippen molar-refractivity contribution in [3.05, 3.63) is 29.8 Å². The van der Waals surface area contributed by atoms with Crippen molar-refractivity contribution in [2.45, 2.75) is 49.8 Å². The number of hydrogen-bond donors (Lipinski definition) is 1. The number of benzene rings is 1. The summed E-state index contributed by atoms with van der Waals surface area (Å²) in [4.78, 5) is 12.0. The molecule has 1 rings (SSSR count). The highest BCUT2D eigenvalue weighted by Crippen LogP contribution is 2.16. The largest absolute Gasteiger partial charge is 0.338 e. The van der Waals surface area contributed by atoms with Crippen LogP contribution in [-0.4, -0.2) is 25.1 Å². The molecule has 21 heavy (non-hydrogen) atoms. The number of carbonyl (C=O) groups excluding carboxylic acids is 1. The Morgan fingerprint density at radius 1 is 1.29 bits per heavy atom. The van der Waals surface area contributed by atoms with E-state index in [0.717, 1.165) is 0 Å². The van der Waals surface area contributed by atoms with Crippen LogP contribution in [0.15, 0.2) is 29.2 Å². The van der Waals surface area contributed by atoms with Crippen LogP contribution in [0.3, 0.4) is 0 Å². The van der Waals surface area contributed by atoms with Gasteiger partial charge in [0, 0.05) is 0 Å². The van der Waals surface area contributed by atoms with Gasteiger partial charge in [0.1, 0.15) is 5.54 Å². The van der Waals surface area contributed by atoms with Crippen molar-refractivity contribution in [3.8, 4) is 6.07 Å². The first-order chi connectivity index (χ1) is 9.58. The molecule has 114 valence electrons. The number of sulfone groups is 1. The number of nitriles is 1. The van der Waals surface area contributed by atoms with Gasteiger partial charge in [-0.3, -0.25) is 4.79 Å². The molecule has 0 aromatic heterocycles. The number of nitrogens with one attached hydrogen (secondary N) is 1. The zero-order valence-electron chi connectivity index (χ0n) is 12.7.